The molecule has 4 heterocycles. The van der Waals surface area contributed by atoms with Gasteiger partial charge in [0, 0.05) is 80.1 Å². The van der Waals surface area contributed by atoms with Crippen LogP contribution in [0.15, 0.2) is 373 Å². The Balaban J connectivity index is 0.553. The van der Waals surface area contributed by atoms with Crippen LogP contribution in [-0.2, 0) is 35.5 Å². The van der Waals surface area contributed by atoms with Crippen molar-refractivity contribution in [2.75, 3.05) is 42.5 Å². The largest absolute Gasteiger partial charge is 0.345 e. The van der Waals surface area contributed by atoms with Crippen molar-refractivity contribution in [1.29, 1.82) is 0 Å². The summed E-state index contributed by atoms with van der Waals surface area (Å²) in [5.74, 6) is 1.22. The van der Waals surface area contributed by atoms with Crippen molar-refractivity contribution in [3.05, 3.63) is 458 Å². The van der Waals surface area contributed by atoms with Gasteiger partial charge in [-0.25, -0.2) is 0 Å². The van der Waals surface area contributed by atoms with Crippen LogP contribution in [0.3, 0.4) is 0 Å². The third-order valence-corrected chi connectivity index (χ3v) is 32.5. The predicted octanol–water partition coefficient (Wildman–Crippen LogP) is 33.1. The summed E-state index contributed by atoms with van der Waals surface area (Å²) >= 11 is 0. The highest BCUT2D eigenvalue weighted by Gasteiger charge is 2.53. The fraction of sp³-hybridized carbons (Fsp3) is 0.203. The van der Waals surface area contributed by atoms with Gasteiger partial charge in [0.05, 0.1) is 51.2 Å². The van der Waals surface area contributed by atoms with E-state index in [0.717, 1.165) is 157 Å². The van der Waals surface area contributed by atoms with Gasteiger partial charge in [-0.3, -0.25) is 0 Å². The smallest absolute Gasteiger partial charge is 0.0709 e. The van der Waals surface area contributed by atoms with Gasteiger partial charge in [0.15, 0.2) is 0 Å². The third-order valence-electron chi connectivity index (χ3n) is 32.5. The molecule has 0 saturated carbocycles. The summed E-state index contributed by atoms with van der Waals surface area (Å²) in [7, 11) is 0. The molecule has 25 rings (SSSR count). The van der Waals surface area contributed by atoms with Crippen LogP contribution in [0.25, 0.3) is 74.0 Å². The topological polar surface area (TPSA) is 19.4 Å². The van der Waals surface area contributed by atoms with Gasteiger partial charge in [-0.1, -0.05) is 288 Å². The molecule has 6 heteroatoms. The van der Waals surface area contributed by atoms with Crippen LogP contribution in [0.2, 0.25) is 0 Å². The summed E-state index contributed by atoms with van der Waals surface area (Å²) in [6.45, 7) is 23.0. The molecule has 652 valence electrons. The van der Waals surface area contributed by atoms with Crippen LogP contribution in [0, 0.1) is 24.0 Å². The van der Waals surface area contributed by atoms with E-state index in [4.69, 9.17) is 0 Å². The molecule has 0 amide bonds. The van der Waals surface area contributed by atoms with Gasteiger partial charge in [0.25, 0.3) is 0 Å². The highest BCUT2D eigenvalue weighted by atomic mass is 15.3. The second-order valence-corrected chi connectivity index (χ2v) is 40.0. The molecule has 7 aliphatic carbocycles. The molecular formula is C128H110N6. The van der Waals surface area contributed by atoms with Crippen LogP contribution in [0.4, 0.5) is 68.2 Å². The van der Waals surface area contributed by atoms with Gasteiger partial charge in [-0.15, -0.1) is 0 Å². The molecule has 14 aromatic carbocycles. The van der Waals surface area contributed by atoms with Crippen molar-refractivity contribution >= 4 is 109 Å². The second kappa shape index (κ2) is 31.8. The molecule has 0 N–H and O–H groups in total. The molecule has 0 aromatic heterocycles. The van der Waals surface area contributed by atoms with E-state index in [-0.39, 0.29) is 16.2 Å². The molecular weight excluding hydrogens is 1620 g/mol. The zero-order valence-electron chi connectivity index (χ0n) is 77.9. The van der Waals surface area contributed by atoms with Crippen molar-refractivity contribution in [2.24, 2.45) is 11.8 Å². The fourth-order valence-corrected chi connectivity index (χ4v) is 25.9. The first-order valence-electron chi connectivity index (χ1n) is 49.0. The number of allylic oxidation sites excluding steroid dienone is 14. The Kier molecular flexibility index (Phi) is 19.3. The zero-order chi connectivity index (χ0) is 90.0. The van der Waals surface area contributed by atoms with Gasteiger partial charge in [-0.2, -0.15) is 0 Å². The molecule has 0 radical (unpaired) electrons. The van der Waals surface area contributed by atoms with Crippen molar-refractivity contribution in [3.8, 4) is 33.4 Å². The lowest BCUT2D eigenvalue weighted by molar-refractivity contribution is 0.456. The maximum absolute atomic E-state index is 4.26. The lowest BCUT2D eigenvalue weighted by atomic mass is 9.73. The van der Waals surface area contributed by atoms with E-state index in [0.29, 0.717) is 11.8 Å². The van der Waals surface area contributed by atoms with Crippen molar-refractivity contribution in [2.45, 2.75) is 142 Å². The number of anilines is 12. The van der Waals surface area contributed by atoms with Gasteiger partial charge < -0.3 is 29.4 Å². The molecule has 2 atom stereocenters. The van der Waals surface area contributed by atoms with E-state index in [9.17, 15) is 0 Å². The van der Waals surface area contributed by atoms with Gasteiger partial charge >= 0.3 is 0 Å². The molecule has 4 aliphatic heterocycles. The first kappa shape index (κ1) is 81.4. The Bertz CT molecular complexity index is 7560. The van der Waals surface area contributed by atoms with Crippen LogP contribution in [0.1, 0.15) is 179 Å². The fourth-order valence-electron chi connectivity index (χ4n) is 25.9. The molecule has 2 spiro atoms. The average Bonchev–Trinajstić information content (AvgIpc) is 1.52. The van der Waals surface area contributed by atoms with Crippen LogP contribution < -0.4 is 29.4 Å². The quantitative estimate of drug-likeness (QED) is 0.0610. The number of para-hydroxylation sites is 4. The molecule has 0 fully saturated rings. The SMILES string of the molecule is C=CC=CC1=C(C)N(c2ccccc2)c2ccc(-c3ccc4c(c3)N(c3ccccc3)c3ccccc3N4c3cccc4c(C=Cc5ccc6c(c5)C5(CC7=C(C5)C(C)CCC7C)c5cc(N7CCCC(C=CC)=C7C)ccc5-6)cccc34)cc2N1c1ccc2c(c1)C(C)(C)c1cc(C=Cc3ccc4c(c3)C3(Cc5ccccc5C3)C3=C4CCC(N4CCCc5c#cccc54)=C3)ccc1-2. The van der Waals surface area contributed by atoms with Crippen molar-refractivity contribution < 1.29 is 0 Å². The molecule has 134 heavy (non-hydrogen) atoms. The van der Waals surface area contributed by atoms with E-state index in [1.807, 2.05) is 12.1 Å². The number of hydrogen-bond donors (Lipinski definition) is 0. The van der Waals surface area contributed by atoms with Crippen LogP contribution >= 0.6 is 0 Å². The van der Waals surface area contributed by atoms with E-state index >= 15 is 0 Å². The number of benzene rings is 13. The van der Waals surface area contributed by atoms with Gasteiger partial charge in [-0.05, 0) is 347 Å². The number of hydrogen-bond acceptors (Lipinski definition) is 6. The Hall–Kier alpha value is -14.6. The van der Waals surface area contributed by atoms with E-state index in [1.165, 1.54) is 152 Å². The minimum atomic E-state index is -0.329. The highest BCUT2D eigenvalue weighted by molar-refractivity contribution is 6.10. The normalized spacial score (nSPS) is 19.6. The van der Waals surface area contributed by atoms with E-state index < -0.39 is 0 Å². The molecule has 0 saturated heterocycles. The highest BCUT2D eigenvalue weighted by Crippen LogP contribution is 2.65. The third kappa shape index (κ3) is 12.8. The standard InChI is InChI=1S/C128H110N6/c1-9-11-41-117-85(6)131(96-35-14-12-15-36-96)122-66-55-92(73-124(122)133(117)100-59-65-103-102-60-51-86(70-111(102)126(7,8)112(103)77-100)48-49-87-52-61-104-106-64-58-99(130-69-27-34-91-29-20-21-42-118(91)130)76-115(106)127(113(104)71-87)78-94-30-18-19-31-95(94)79-127)93-56-67-123-125(74-93)132(97-37-16-13-17-38-97)120-43-22-23-44-121(120)134(123)119-45-25-39-101-90(32-24-40-108(101)119)54-50-88-53-62-105-107-63-57-98(129-68-26-33-89(28-10-2)84(129)5)75-116(107)128(114(105)72-88)80-109-82(3)46-47-83(4)110(109)81-128/h9-19,21-25,28,30-32,35-45,48-57,59-63,65-67,70-77,82-83H,1,26-27,33-34,46-47,58,64,68-69,78-81H2,2-8H3. The Morgan fingerprint density at radius 3 is 1.63 bits per heavy atom. The molecule has 0 bridgehead atoms. The second-order valence-electron chi connectivity index (χ2n) is 40.0. The number of nitrogens with zero attached hydrogens (tertiary/aromatic N) is 6. The van der Waals surface area contributed by atoms with E-state index in [2.05, 4.69) is 430 Å². The number of fused-ring (bicyclic) bond motifs is 18. The summed E-state index contributed by atoms with van der Waals surface area (Å²) in [5.41, 5.74) is 51.4. The van der Waals surface area contributed by atoms with E-state index in [1.54, 1.807) is 16.7 Å². The molecule has 14 aromatic rings. The van der Waals surface area contributed by atoms with Crippen molar-refractivity contribution in [3.63, 3.8) is 0 Å². The average molecular weight is 1730 g/mol. The van der Waals surface area contributed by atoms with Crippen LogP contribution in [-0.4, -0.2) is 13.1 Å². The maximum atomic E-state index is 4.26. The summed E-state index contributed by atoms with van der Waals surface area (Å²) < 4.78 is 0. The summed E-state index contributed by atoms with van der Waals surface area (Å²) in [6, 6.07) is 116. The molecule has 11 aliphatic rings. The first-order chi connectivity index (χ1) is 65.7. The Morgan fingerprint density at radius 1 is 0.396 bits per heavy atom. The van der Waals surface area contributed by atoms with Crippen LogP contribution in [0.5, 0.6) is 0 Å². The summed E-state index contributed by atoms with van der Waals surface area (Å²) in [5, 5.41) is 2.39. The summed E-state index contributed by atoms with van der Waals surface area (Å²) in [4.78, 5) is 15.2. The van der Waals surface area contributed by atoms with Gasteiger partial charge in [0.2, 0.25) is 0 Å². The number of rotatable bonds is 14. The Morgan fingerprint density at radius 2 is 0.940 bits per heavy atom. The minimum Gasteiger partial charge on any atom is -0.345 e. The molecule has 6 nitrogen and oxygen atoms in total. The zero-order valence-corrected chi connectivity index (χ0v) is 77.9. The molecule has 2 unspecified atom stereocenters. The lowest BCUT2D eigenvalue weighted by Gasteiger charge is -2.41. The predicted molar refractivity (Wildman–Crippen MR) is 563 cm³/mol. The first-order valence-corrected chi connectivity index (χ1v) is 49.0. The maximum Gasteiger partial charge on any atom is 0.0709 e. The Labute approximate surface area is 790 Å². The van der Waals surface area contributed by atoms with Gasteiger partial charge in [0.1, 0.15) is 0 Å². The lowest BCUT2D eigenvalue weighted by Crippen LogP contribution is -2.32. The minimum absolute atomic E-state index is 0.0997. The summed E-state index contributed by atoms with van der Waals surface area (Å²) in [6.07, 6.45) is 36.3. The van der Waals surface area contributed by atoms with Crippen molar-refractivity contribution in [1.82, 2.24) is 0 Å². The monoisotopic (exact) mass is 1730 g/mol.